The Morgan fingerprint density at radius 3 is 2.88 bits per heavy atom. The van der Waals surface area contributed by atoms with Crippen molar-refractivity contribution in [2.24, 2.45) is 0 Å². The van der Waals surface area contributed by atoms with Crippen molar-refractivity contribution in [2.75, 3.05) is 6.54 Å². The smallest absolute Gasteiger partial charge is 0.228 e. The van der Waals surface area contributed by atoms with Crippen LogP contribution in [0.2, 0.25) is 0 Å². The zero-order valence-corrected chi connectivity index (χ0v) is 11.2. The van der Waals surface area contributed by atoms with Gasteiger partial charge in [-0.1, -0.05) is 19.0 Å². The van der Waals surface area contributed by atoms with Gasteiger partial charge in [-0.25, -0.2) is 0 Å². The number of aromatic nitrogens is 2. The van der Waals surface area contributed by atoms with Crippen molar-refractivity contribution in [3.63, 3.8) is 0 Å². The Balaban J connectivity index is 1.99. The number of hydrogen-bond donors (Lipinski definition) is 1. The van der Waals surface area contributed by atoms with Gasteiger partial charge in [-0.3, -0.25) is 0 Å². The van der Waals surface area contributed by atoms with E-state index in [1.807, 2.05) is 0 Å². The van der Waals surface area contributed by atoms with Crippen LogP contribution < -0.4 is 5.32 Å². The molecule has 0 atom stereocenters. The first-order valence-electron chi connectivity index (χ1n) is 5.76. The van der Waals surface area contributed by atoms with Gasteiger partial charge in [-0.2, -0.15) is 16.3 Å². The van der Waals surface area contributed by atoms with E-state index >= 15 is 0 Å². The quantitative estimate of drug-likeness (QED) is 0.887. The third kappa shape index (κ3) is 3.14. The Bertz CT molecular complexity index is 476. The molecule has 0 aliphatic heterocycles. The highest BCUT2D eigenvalue weighted by Gasteiger charge is 2.11. The van der Waals surface area contributed by atoms with Crippen molar-refractivity contribution < 1.29 is 4.52 Å². The summed E-state index contributed by atoms with van der Waals surface area (Å²) in [6.45, 7) is 7.16. The van der Waals surface area contributed by atoms with Crippen LogP contribution in [0, 0.1) is 6.92 Å². The van der Waals surface area contributed by atoms with Gasteiger partial charge in [0.1, 0.15) is 0 Å². The molecule has 2 aromatic rings. The molecule has 0 spiro atoms. The van der Waals surface area contributed by atoms with Crippen LogP contribution in [0.15, 0.2) is 15.3 Å². The largest absolute Gasteiger partial charge is 0.339 e. The highest BCUT2D eigenvalue weighted by atomic mass is 32.1. The van der Waals surface area contributed by atoms with Crippen molar-refractivity contribution in [1.29, 1.82) is 0 Å². The molecule has 0 radical (unpaired) electrons. The summed E-state index contributed by atoms with van der Waals surface area (Å²) in [5, 5.41) is 11.5. The highest BCUT2D eigenvalue weighted by Crippen LogP contribution is 2.23. The average Bonchev–Trinajstić information content (AvgIpc) is 2.86. The molecule has 2 rings (SSSR count). The van der Waals surface area contributed by atoms with E-state index < -0.39 is 0 Å². The van der Waals surface area contributed by atoms with E-state index in [1.165, 1.54) is 5.56 Å². The summed E-state index contributed by atoms with van der Waals surface area (Å²) in [5.74, 6) is 1.39. The summed E-state index contributed by atoms with van der Waals surface area (Å²) < 4.78 is 5.23. The molecule has 0 aliphatic carbocycles. The van der Waals surface area contributed by atoms with Crippen LogP contribution >= 0.6 is 11.3 Å². The van der Waals surface area contributed by atoms with E-state index in [9.17, 15) is 0 Å². The number of nitrogens with one attached hydrogen (secondary N) is 1. The summed E-state index contributed by atoms with van der Waals surface area (Å²) in [7, 11) is 0. The van der Waals surface area contributed by atoms with Crippen LogP contribution in [0.25, 0.3) is 11.4 Å². The first kappa shape index (κ1) is 12.3. The van der Waals surface area contributed by atoms with Gasteiger partial charge in [0.05, 0.1) is 0 Å². The fourth-order valence-electron chi connectivity index (χ4n) is 1.52. The van der Waals surface area contributed by atoms with Crippen LogP contribution in [0.4, 0.5) is 0 Å². The van der Waals surface area contributed by atoms with Gasteiger partial charge < -0.3 is 9.84 Å². The molecule has 0 aliphatic rings. The number of rotatable bonds is 5. The summed E-state index contributed by atoms with van der Waals surface area (Å²) >= 11 is 1.66. The maximum absolute atomic E-state index is 5.23. The molecule has 4 nitrogen and oxygen atoms in total. The van der Waals surface area contributed by atoms with Crippen molar-refractivity contribution >= 4 is 11.3 Å². The van der Waals surface area contributed by atoms with E-state index in [0.717, 1.165) is 18.5 Å². The molecule has 1 N–H and O–H groups in total. The zero-order valence-electron chi connectivity index (χ0n) is 10.4. The Morgan fingerprint density at radius 2 is 2.24 bits per heavy atom. The minimum atomic E-state index is 0.483. The highest BCUT2D eigenvalue weighted by molar-refractivity contribution is 7.08. The van der Waals surface area contributed by atoms with Crippen molar-refractivity contribution in [3.8, 4) is 11.4 Å². The topological polar surface area (TPSA) is 51.0 Å². The average molecular weight is 251 g/mol. The van der Waals surface area contributed by atoms with Crippen molar-refractivity contribution in [3.05, 3.63) is 22.2 Å². The lowest BCUT2D eigenvalue weighted by atomic mass is 10.2. The Kier molecular flexibility index (Phi) is 3.91. The normalized spacial score (nSPS) is 11.3. The number of aryl methyl sites for hydroxylation is 1. The second kappa shape index (κ2) is 5.42. The Hall–Kier alpha value is -1.20. The van der Waals surface area contributed by atoms with Gasteiger partial charge in [-0.15, -0.1) is 0 Å². The first-order valence-corrected chi connectivity index (χ1v) is 6.70. The van der Waals surface area contributed by atoms with Crippen LogP contribution in [-0.4, -0.2) is 22.7 Å². The molecular weight excluding hydrogens is 234 g/mol. The predicted molar refractivity (Wildman–Crippen MR) is 69.2 cm³/mol. The van der Waals surface area contributed by atoms with Crippen molar-refractivity contribution in [1.82, 2.24) is 15.5 Å². The first-order chi connectivity index (χ1) is 8.16. The molecule has 17 heavy (non-hydrogen) atoms. The Labute approximate surface area is 105 Å². The summed E-state index contributed by atoms with van der Waals surface area (Å²) in [5.41, 5.74) is 2.27. The minimum absolute atomic E-state index is 0.483. The maximum atomic E-state index is 5.23. The molecule has 92 valence electrons. The number of thiophene rings is 1. The summed E-state index contributed by atoms with van der Waals surface area (Å²) in [6, 6.07) is 0.483. The third-order valence-corrected chi connectivity index (χ3v) is 3.32. The van der Waals surface area contributed by atoms with Gasteiger partial charge in [0.2, 0.25) is 11.7 Å². The van der Waals surface area contributed by atoms with Gasteiger partial charge in [0, 0.05) is 30.0 Å². The van der Waals surface area contributed by atoms with E-state index in [1.54, 1.807) is 11.3 Å². The second-order valence-electron chi connectivity index (χ2n) is 4.34. The molecule has 0 unspecified atom stereocenters. The molecule has 0 fully saturated rings. The standard InChI is InChI=1S/C12H17N3OS/c1-8(2)13-5-4-11-14-12(15-16-11)10-7-17-6-9(10)3/h6-8,13H,4-5H2,1-3H3. The van der Waals surface area contributed by atoms with E-state index in [-0.39, 0.29) is 0 Å². The van der Waals surface area contributed by atoms with Crippen LogP contribution in [0.5, 0.6) is 0 Å². The van der Waals surface area contributed by atoms with E-state index in [0.29, 0.717) is 17.8 Å². The van der Waals surface area contributed by atoms with Crippen LogP contribution in [0.1, 0.15) is 25.3 Å². The SMILES string of the molecule is Cc1cscc1-c1noc(CCNC(C)C)n1. The molecule has 5 heteroatoms. The lowest BCUT2D eigenvalue weighted by Gasteiger charge is -2.04. The minimum Gasteiger partial charge on any atom is -0.339 e. The molecule has 0 bridgehead atoms. The summed E-state index contributed by atoms with van der Waals surface area (Å²) in [4.78, 5) is 4.40. The Morgan fingerprint density at radius 1 is 1.41 bits per heavy atom. The lowest BCUT2D eigenvalue weighted by Crippen LogP contribution is -2.25. The molecule has 0 saturated carbocycles. The molecule has 0 saturated heterocycles. The molecule has 0 amide bonds. The lowest BCUT2D eigenvalue weighted by molar-refractivity contribution is 0.374. The van der Waals surface area contributed by atoms with E-state index in [4.69, 9.17) is 4.52 Å². The summed E-state index contributed by atoms with van der Waals surface area (Å²) in [6.07, 6.45) is 0.772. The monoisotopic (exact) mass is 251 g/mol. The molecular formula is C12H17N3OS. The molecule has 0 aromatic carbocycles. The maximum Gasteiger partial charge on any atom is 0.228 e. The van der Waals surface area contributed by atoms with Gasteiger partial charge in [-0.05, 0) is 17.9 Å². The fraction of sp³-hybridized carbons (Fsp3) is 0.500. The second-order valence-corrected chi connectivity index (χ2v) is 5.08. The van der Waals surface area contributed by atoms with Gasteiger partial charge in [0.25, 0.3) is 0 Å². The third-order valence-electron chi connectivity index (χ3n) is 2.46. The predicted octanol–water partition coefficient (Wildman–Crippen LogP) is 2.65. The van der Waals surface area contributed by atoms with Gasteiger partial charge >= 0.3 is 0 Å². The molecule has 2 aromatic heterocycles. The zero-order chi connectivity index (χ0) is 12.3. The number of hydrogen-bond acceptors (Lipinski definition) is 5. The van der Waals surface area contributed by atoms with Crippen molar-refractivity contribution in [2.45, 2.75) is 33.2 Å². The van der Waals surface area contributed by atoms with Crippen LogP contribution in [-0.2, 0) is 6.42 Å². The van der Waals surface area contributed by atoms with Crippen LogP contribution in [0.3, 0.4) is 0 Å². The van der Waals surface area contributed by atoms with Gasteiger partial charge in [0.15, 0.2) is 0 Å². The number of nitrogens with zero attached hydrogens (tertiary/aromatic N) is 2. The molecule has 2 heterocycles. The van der Waals surface area contributed by atoms with E-state index in [2.05, 4.69) is 47.0 Å². The fourth-order valence-corrected chi connectivity index (χ4v) is 2.35.